The first-order chi connectivity index (χ1) is 8.44. The van der Waals surface area contributed by atoms with Gasteiger partial charge in [-0.3, -0.25) is 0 Å². The Morgan fingerprint density at radius 3 is 2.67 bits per heavy atom. The van der Waals surface area contributed by atoms with Crippen LogP contribution in [-0.2, 0) is 16.6 Å². The number of aliphatic hydroxyl groups excluding tert-OH is 1. The fourth-order valence-electron chi connectivity index (χ4n) is 2.37. The minimum atomic E-state index is -3.43. The van der Waals surface area contributed by atoms with Crippen LogP contribution in [0.3, 0.4) is 0 Å². The van der Waals surface area contributed by atoms with Gasteiger partial charge in [0.1, 0.15) is 4.21 Å². The van der Waals surface area contributed by atoms with Crippen LogP contribution in [0.2, 0.25) is 0 Å². The molecule has 0 saturated heterocycles. The second-order valence-corrected chi connectivity index (χ2v) is 7.93. The highest BCUT2D eigenvalue weighted by Crippen LogP contribution is 2.32. The SMILES string of the molecule is CC1CCC(NS(=O)(=O)c2cc(CO)cs2)C1C. The van der Waals surface area contributed by atoms with Gasteiger partial charge in [0.2, 0.25) is 10.0 Å². The minimum Gasteiger partial charge on any atom is -0.392 e. The van der Waals surface area contributed by atoms with Gasteiger partial charge in [0.15, 0.2) is 0 Å². The smallest absolute Gasteiger partial charge is 0.250 e. The second-order valence-electron chi connectivity index (χ2n) is 5.07. The van der Waals surface area contributed by atoms with E-state index in [0.29, 0.717) is 21.6 Å². The fraction of sp³-hybridized carbons (Fsp3) is 0.667. The normalized spacial score (nSPS) is 28.7. The van der Waals surface area contributed by atoms with Crippen LogP contribution in [0.1, 0.15) is 32.3 Å². The molecule has 4 nitrogen and oxygen atoms in total. The molecule has 1 aliphatic rings. The van der Waals surface area contributed by atoms with Crippen LogP contribution in [-0.4, -0.2) is 19.6 Å². The zero-order valence-electron chi connectivity index (χ0n) is 10.6. The molecule has 2 N–H and O–H groups in total. The summed E-state index contributed by atoms with van der Waals surface area (Å²) in [6.07, 6.45) is 1.97. The summed E-state index contributed by atoms with van der Waals surface area (Å²) < 4.78 is 27.5. The predicted molar refractivity (Wildman–Crippen MR) is 71.9 cm³/mol. The van der Waals surface area contributed by atoms with Gasteiger partial charge in [-0.15, -0.1) is 11.3 Å². The maximum absolute atomic E-state index is 12.2. The Bertz CT molecular complexity index is 509. The lowest BCUT2D eigenvalue weighted by Crippen LogP contribution is -2.36. The first-order valence-corrected chi connectivity index (χ1v) is 8.51. The van der Waals surface area contributed by atoms with E-state index in [9.17, 15) is 8.42 Å². The number of rotatable bonds is 4. The number of hydrogen-bond donors (Lipinski definition) is 2. The molecule has 0 bridgehead atoms. The lowest BCUT2D eigenvalue weighted by molar-refractivity contribution is 0.282. The molecule has 1 aliphatic carbocycles. The largest absolute Gasteiger partial charge is 0.392 e. The maximum atomic E-state index is 12.2. The van der Waals surface area contributed by atoms with E-state index in [-0.39, 0.29) is 12.6 Å². The van der Waals surface area contributed by atoms with Crippen LogP contribution in [0.25, 0.3) is 0 Å². The molecule has 1 heterocycles. The van der Waals surface area contributed by atoms with E-state index in [1.165, 1.54) is 6.07 Å². The van der Waals surface area contributed by atoms with E-state index in [0.717, 1.165) is 24.2 Å². The lowest BCUT2D eigenvalue weighted by atomic mass is 9.98. The van der Waals surface area contributed by atoms with Gasteiger partial charge in [0.05, 0.1) is 6.61 Å². The average Bonchev–Trinajstić information content (AvgIpc) is 2.91. The van der Waals surface area contributed by atoms with Gasteiger partial charge >= 0.3 is 0 Å². The topological polar surface area (TPSA) is 66.4 Å². The van der Waals surface area contributed by atoms with Gasteiger partial charge in [-0.05, 0) is 41.7 Å². The minimum absolute atomic E-state index is 0.0321. The number of nitrogens with one attached hydrogen (secondary N) is 1. The van der Waals surface area contributed by atoms with Crippen LogP contribution < -0.4 is 4.72 Å². The predicted octanol–water partition coefficient (Wildman–Crippen LogP) is 1.95. The molecule has 0 aliphatic heterocycles. The summed E-state index contributed by atoms with van der Waals surface area (Å²) >= 11 is 1.16. The van der Waals surface area contributed by atoms with E-state index >= 15 is 0 Å². The maximum Gasteiger partial charge on any atom is 0.250 e. The van der Waals surface area contributed by atoms with Gasteiger partial charge in [0, 0.05) is 6.04 Å². The molecule has 0 amide bonds. The van der Waals surface area contributed by atoms with Crippen molar-refractivity contribution in [2.45, 2.75) is 43.5 Å². The molecule has 1 saturated carbocycles. The molecule has 0 aromatic carbocycles. The Hall–Kier alpha value is -0.430. The molecule has 1 fully saturated rings. The van der Waals surface area contributed by atoms with Crippen LogP contribution in [0, 0.1) is 11.8 Å². The Kier molecular flexibility index (Phi) is 4.11. The van der Waals surface area contributed by atoms with Gasteiger partial charge in [-0.25, -0.2) is 13.1 Å². The van der Waals surface area contributed by atoms with E-state index in [1.807, 2.05) is 0 Å². The number of sulfonamides is 1. The molecule has 2 rings (SSSR count). The average molecular weight is 289 g/mol. The number of hydrogen-bond acceptors (Lipinski definition) is 4. The summed E-state index contributed by atoms with van der Waals surface area (Å²) in [6, 6.07) is 1.57. The highest BCUT2D eigenvalue weighted by molar-refractivity contribution is 7.91. The third-order valence-electron chi connectivity index (χ3n) is 3.85. The Morgan fingerprint density at radius 1 is 1.44 bits per heavy atom. The van der Waals surface area contributed by atoms with E-state index in [4.69, 9.17) is 5.11 Å². The van der Waals surface area contributed by atoms with Gasteiger partial charge in [-0.2, -0.15) is 0 Å². The summed E-state index contributed by atoms with van der Waals surface area (Å²) in [5, 5.41) is 10.6. The third-order valence-corrected chi connectivity index (χ3v) is 6.83. The summed E-state index contributed by atoms with van der Waals surface area (Å²) in [4.78, 5) is 0. The van der Waals surface area contributed by atoms with Crippen LogP contribution >= 0.6 is 11.3 Å². The highest BCUT2D eigenvalue weighted by atomic mass is 32.2. The first-order valence-electron chi connectivity index (χ1n) is 6.14. The molecular weight excluding hydrogens is 270 g/mol. The van der Waals surface area contributed by atoms with Gasteiger partial charge < -0.3 is 5.11 Å². The highest BCUT2D eigenvalue weighted by Gasteiger charge is 2.33. The molecule has 18 heavy (non-hydrogen) atoms. The molecular formula is C12H19NO3S2. The van der Waals surface area contributed by atoms with Crippen molar-refractivity contribution in [1.82, 2.24) is 4.72 Å². The Morgan fingerprint density at radius 2 is 2.17 bits per heavy atom. The lowest BCUT2D eigenvalue weighted by Gasteiger charge is -2.19. The van der Waals surface area contributed by atoms with E-state index in [1.54, 1.807) is 5.38 Å². The Balaban J connectivity index is 2.12. The van der Waals surface area contributed by atoms with E-state index in [2.05, 4.69) is 18.6 Å². The molecule has 1 aromatic heterocycles. The summed E-state index contributed by atoms with van der Waals surface area (Å²) in [7, 11) is -3.43. The van der Waals surface area contributed by atoms with Crippen molar-refractivity contribution in [1.29, 1.82) is 0 Å². The fourth-order valence-corrected chi connectivity index (χ4v) is 4.94. The standard InChI is InChI=1S/C12H19NO3S2/c1-8-3-4-11(9(8)2)13-18(15,16)12-5-10(6-14)7-17-12/h5,7-9,11,13-14H,3-4,6H2,1-2H3. The van der Waals surface area contributed by atoms with Crippen LogP contribution in [0.4, 0.5) is 0 Å². The van der Waals surface area contributed by atoms with Crippen LogP contribution in [0.5, 0.6) is 0 Å². The summed E-state index contributed by atoms with van der Waals surface area (Å²) in [5.74, 6) is 0.936. The van der Waals surface area contributed by atoms with Gasteiger partial charge in [0.25, 0.3) is 0 Å². The van der Waals surface area contributed by atoms with Crippen molar-refractivity contribution in [3.63, 3.8) is 0 Å². The van der Waals surface area contributed by atoms with Crippen molar-refractivity contribution < 1.29 is 13.5 Å². The van der Waals surface area contributed by atoms with E-state index < -0.39 is 10.0 Å². The van der Waals surface area contributed by atoms with Crippen molar-refractivity contribution in [3.8, 4) is 0 Å². The molecule has 0 spiro atoms. The molecule has 3 atom stereocenters. The molecule has 102 valence electrons. The molecule has 1 aromatic rings. The summed E-state index contributed by atoms with van der Waals surface area (Å²) in [6.45, 7) is 4.13. The second kappa shape index (κ2) is 5.28. The van der Waals surface area contributed by atoms with Crippen molar-refractivity contribution in [2.75, 3.05) is 0 Å². The molecule has 3 unspecified atom stereocenters. The summed E-state index contributed by atoms with van der Waals surface area (Å²) in [5.41, 5.74) is 0.646. The zero-order valence-corrected chi connectivity index (χ0v) is 12.2. The molecule has 6 heteroatoms. The monoisotopic (exact) mass is 289 g/mol. The van der Waals surface area contributed by atoms with Crippen molar-refractivity contribution in [2.24, 2.45) is 11.8 Å². The van der Waals surface area contributed by atoms with Crippen molar-refractivity contribution in [3.05, 3.63) is 17.0 Å². The van der Waals surface area contributed by atoms with Gasteiger partial charge in [-0.1, -0.05) is 13.8 Å². The van der Waals surface area contributed by atoms with Crippen LogP contribution in [0.15, 0.2) is 15.7 Å². The number of aliphatic hydroxyl groups is 1. The Labute approximate surface area is 112 Å². The number of thiophene rings is 1. The molecule has 0 radical (unpaired) electrons. The van der Waals surface area contributed by atoms with Crippen molar-refractivity contribution >= 4 is 21.4 Å². The quantitative estimate of drug-likeness (QED) is 0.890. The first kappa shape index (κ1) is 14.0. The third kappa shape index (κ3) is 2.77. The zero-order chi connectivity index (χ0) is 13.3.